The van der Waals surface area contributed by atoms with Crippen LogP contribution < -0.4 is 25.4 Å². The lowest BCUT2D eigenvalue weighted by atomic mass is 9.92. The van der Waals surface area contributed by atoms with Crippen molar-refractivity contribution in [2.75, 3.05) is 36.8 Å². The van der Waals surface area contributed by atoms with E-state index in [0.29, 0.717) is 23.1 Å². The van der Waals surface area contributed by atoms with Gasteiger partial charge in [0.25, 0.3) is 5.91 Å². The maximum absolute atomic E-state index is 13.4. The third-order valence-corrected chi connectivity index (χ3v) is 6.93. The predicted molar refractivity (Wildman–Crippen MR) is 174 cm³/mol. The van der Waals surface area contributed by atoms with Crippen LogP contribution in [0.1, 0.15) is 32.0 Å². The minimum absolute atomic E-state index is 0.0585. The van der Waals surface area contributed by atoms with Crippen molar-refractivity contribution in [1.82, 2.24) is 14.8 Å². The van der Waals surface area contributed by atoms with Gasteiger partial charge >= 0.3 is 6.03 Å². The minimum Gasteiger partial charge on any atom is -0.497 e. The zero-order valence-electron chi connectivity index (χ0n) is 25.9. The molecule has 0 atom stereocenters. The first kappa shape index (κ1) is 31.0. The number of anilines is 3. The van der Waals surface area contributed by atoms with Crippen LogP contribution >= 0.6 is 0 Å². The second kappa shape index (κ2) is 13.5. The molecule has 3 amide bonds. The maximum atomic E-state index is 13.4. The van der Waals surface area contributed by atoms with Gasteiger partial charge in [0.05, 0.1) is 24.2 Å². The molecule has 5 aromatic rings. The zero-order chi connectivity index (χ0) is 32.0. The average molecular weight is 609 g/mol. The molecule has 0 aliphatic rings. The highest BCUT2D eigenvalue weighted by molar-refractivity contribution is 6.07. The van der Waals surface area contributed by atoms with Crippen LogP contribution in [-0.4, -0.2) is 47.5 Å². The number of hydrogen-bond acceptors (Lipinski definition) is 7. The number of rotatable bonds is 10. The number of amides is 3. The molecule has 2 aromatic heterocycles. The van der Waals surface area contributed by atoms with Crippen LogP contribution in [0.25, 0.3) is 16.5 Å². The number of fused-ring (bicyclic) bond motifs is 1. The standard InChI is InChI=1S/C34H36N6O5/c1-34(2,3)29-19-31(40(39-29)23-10-12-24(44-5)13-11-23)38-33(42)36-27-14-15-28(26-9-7-6-8-25(26)27)45-20-22-16-17-35-30(18-22)37-32(41)21-43-4/h6-19H,20-21H2,1-5H3,(H,35,37,41)(H2,36,38,42). The summed E-state index contributed by atoms with van der Waals surface area (Å²) < 4.78 is 18.0. The monoisotopic (exact) mass is 608 g/mol. The van der Waals surface area contributed by atoms with E-state index in [1.165, 1.54) is 7.11 Å². The van der Waals surface area contributed by atoms with E-state index in [9.17, 15) is 9.59 Å². The molecule has 0 spiro atoms. The van der Waals surface area contributed by atoms with Crippen molar-refractivity contribution < 1.29 is 23.8 Å². The summed E-state index contributed by atoms with van der Waals surface area (Å²) in [6.45, 7) is 6.40. The Morgan fingerprint density at radius 2 is 1.62 bits per heavy atom. The van der Waals surface area contributed by atoms with Crippen molar-refractivity contribution in [3.8, 4) is 17.2 Å². The fourth-order valence-corrected chi connectivity index (χ4v) is 4.64. The molecule has 0 saturated carbocycles. The summed E-state index contributed by atoms with van der Waals surface area (Å²) >= 11 is 0. The lowest BCUT2D eigenvalue weighted by Gasteiger charge is -2.15. The topological polar surface area (TPSA) is 129 Å². The quantitative estimate of drug-likeness (QED) is 0.164. The van der Waals surface area contributed by atoms with Crippen molar-refractivity contribution in [3.05, 3.63) is 96.3 Å². The Labute approximate surface area is 261 Å². The largest absolute Gasteiger partial charge is 0.497 e. The highest BCUT2D eigenvalue weighted by atomic mass is 16.5. The van der Waals surface area contributed by atoms with Crippen LogP contribution in [0.5, 0.6) is 11.5 Å². The van der Waals surface area contributed by atoms with Crippen molar-refractivity contribution in [2.24, 2.45) is 0 Å². The Balaban J connectivity index is 1.34. The van der Waals surface area contributed by atoms with Gasteiger partial charge in [-0.25, -0.2) is 14.5 Å². The second-order valence-electron chi connectivity index (χ2n) is 11.3. The zero-order valence-corrected chi connectivity index (χ0v) is 25.9. The van der Waals surface area contributed by atoms with Gasteiger partial charge in [-0.1, -0.05) is 45.0 Å². The van der Waals surface area contributed by atoms with E-state index < -0.39 is 6.03 Å². The molecule has 0 fully saturated rings. The van der Waals surface area contributed by atoms with E-state index in [2.05, 4.69) is 41.7 Å². The molecular formula is C34H36N6O5. The third-order valence-electron chi connectivity index (χ3n) is 6.93. The van der Waals surface area contributed by atoms with Crippen LogP contribution in [-0.2, 0) is 21.6 Å². The highest BCUT2D eigenvalue weighted by Crippen LogP contribution is 2.33. The molecular weight excluding hydrogens is 572 g/mol. The fourth-order valence-electron chi connectivity index (χ4n) is 4.64. The molecule has 3 aromatic carbocycles. The molecule has 0 aliphatic heterocycles. The summed E-state index contributed by atoms with van der Waals surface area (Å²) in [5.74, 6) is 2.02. The Kier molecular flexibility index (Phi) is 9.29. The summed E-state index contributed by atoms with van der Waals surface area (Å²) in [6.07, 6.45) is 1.61. The second-order valence-corrected chi connectivity index (χ2v) is 11.3. The first-order valence-electron chi connectivity index (χ1n) is 14.4. The predicted octanol–water partition coefficient (Wildman–Crippen LogP) is 6.53. The van der Waals surface area contributed by atoms with Crippen LogP contribution in [0.3, 0.4) is 0 Å². The smallest absolute Gasteiger partial charge is 0.324 e. The van der Waals surface area contributed by atoms with E-state index in [0.717, 1.165) is 33.5 Å². The van der Waals surface area contributed by atoms with Crippen LogP contribution in [0.15, 0.2) is 85.1 Å². The molecule has 11 nitrogen and oxygen atoms in total. The summed E-state index contributed by atoms with van der Waals surface area (Å²) in [5.41, 5.74) is 2.83. The van der Waals surface area contributed by atoms with Gasteiger partial charge in [0.2, 0.25) is 0 Å². The first-order valence-corrected chi connectivity index (χ1v) is 14.4. The van der Waals surface area contributed by atoms with Gasteiger partial charge in [0.15, 0.2) is 0 Å². The van der Waals surface area contributed by atoms with E-state index in [1.807, 2.05) is 72.8 Å². The number of ether oxygens (including phenoxy) is 3. The number of aromatic nitrogens is 3. The van der Waals surface area contributed by atoms with E-state index in [1.54, 1.807) is 24.1 Å². The Bertz CT molecular complexity index is 1810. The maximum Gasteiger partial charge on any atom is 0.324 e. The molecule has 0 saturated heterocycles. The van der Waals surface area contributed by atoms with Crippen molar-refractivity contribution >= 4 is 40.0 Å². The van der Waals surface area contributed by atoms with Crippen molar-refractivity contribution in [3.63, 3.8) is 0 Å². The van der Waals surface area contributed by atoms with E-state index in [-0.39, 0.29) is 24.5 Å². The van der Waals surface area contributed by atoms with Gasteiger partial charge in [0, 0.05) is 35.6 Å². The number of pyridine rings is 1. The molecule has 0 bridgehead atoms. The van der Waals surface area contributed by atoms with Gasteiger partial charge in [-0.05, 0) is 54.1 Å². The highest BCUT2D eigenvalue weighted by Gasteiger charge is 2.22. The SMILES string of the molecule is COCC(=O)Nc1cc(COc2ccc(NC(=O)Nc3cc(C(C)(C)C)nn3-c3ccc(OC)cc3)c3ccccc23)ccn1. The number of urea groups is 1. The molecule has 5 rings (SSSR count). The summed E-state index contributed by atoms with van der Waals surface area (Å²) in [6, 6.07) is 23.8. The number of methoxy groups -OCH3 is 2. The summed E-state index contributed by atoms with van der Waals surface area (Å²) in [4.78, 5) is 29.4. The number of carbonyl (C=O) groups excluding carboxylic acids is 2. The van der Waals surface area contributed by atoms with Gasteiger partial charge in [-0.3, -0.25) is 10.1 Å². The number of nitrogens with one attached hydrogen (secondary N) is 3. The van der Waals surface area contributed by atoms with E-state index in [4.69, 9.17) is 19.3 Å². The Morgan fingerprint density at radius 3 is 2.33 bits per heavy atom. The number of carbonyl (C=O) groups is 2. The van der Waals surface area contributed by atoms with Crippen LogP contribution in [0.2, 0.25) is 0 Å². The molecule has 2 heterocycles. The van der Waals surface area contributed by atoms with Gasteiger partial charge in [-0.2, -0.15) is 5.10 Å². The Morgan fingerprint density at radius 1 is 0.867 bits per heavy atom. The van der Waals surface area contributed by atoms with Gasteiger partial charge in [0.1, 0.15) is 36.3 Å². The van der Waals surface area contributed by atoms with Gasteiger partial charge in [-0.15, -0.1) is 0 Å². The summed E-state index contributed by atoms with van der Waals surface area (Å²) in [7, 11) is 3.07. The fraction of sp³-hybridized carbons (Fsp3) is 0.235. The first-order chi connectivity index (χ1) is 21.6. The normalized spacial score (nSPS) is 11.2. The average Bonchev–Trinajstić information content (AvgIpc) is 3.45. The minimum atomic E-state index is -0.413. The molecule has 0 radical (unpaired) electrons. The van der Waals surface area contributed by atoms with Gasteiger partial charge < -0.3 is 24.8 Å². The molecule has 45 heavy (non-hydrogen) atoms. The van der Waals surface area contributed by atoms with Crippen molar-refractivity contribution in [2.45, 2.75) is 32.8 Å². The molecule has 232 valence electrons. The number of benzene rings is 3. The lowest BCUT2D eigenvalue weighted by Crippen LogP contribution is -2.21. The van der Waals surface area contributed by atoms with Crippen LogP contribution in [0.4, 0.5) is 22.1 Å². The Hall–Kier alpha value is -5.42. The van der Waals surface area contributed by atoms with Crippen molar-refractivity contribution in [1.29, 1.82) is 0 Å². The molecule has 0 unspecified atom stereocenters. The number of hydrogen-bond donors (Lipinski definition) is 3. The molecule has 11 heteroatoms. The summed E-state index contributed by atoms with van der Waals surface area (Å²) in [5, 5.41) is 15.1. The number of nitrogens with zero attached hydrogens (tertiary/aromatic N) is 3. The third kappa shape index (κ3) is 7.57. The van der Waals surface area contributed by atoms with Crippen LogP contribution in [0, 0.1) is 0 Å². The van der Waals surface area contributed by atoms with E-state index >= 15 is 0 Å². The molecule has 0 aliphatic carbocycles. The lowest BCUT2D eigenvalue weighted by molar-refractivity contribution is -0.119. The molecule has 3 N–H and O–H groups in total.